The maximum Gasteiger partial charge on any atom is 0.261 e. The van der Waals surface area contributed by atoms with Gasteiger partial charge < -0.3 is 5.32 Å². The highest BCUT2D eigenvalue weighted by Gasteiger charge is 2.22. The predicted molar refractivity (Wildman–Crippen MR) is 102 cm³/mol. The normalized spacial score (nSPS) is 17.0. The molecule has 1 aliphatic rings. The summed E-state index contributed by atoms with van der Waals surface area (Å²) in [4.78, 5) is 24.1. The fraction of sp³-hybridized carbons (Fsp3) is 0.222. The molecule has 0 fully saturated rings. The van der Waals surface area contributed by atoms with E-state index < -0.39 is 10.0 Å². The van der Waals surface area contributed by atoms with Gasteiger partial charge >= 0.3 is 0 Å². The van der Waals surface area contributed by atoms with E-state index in [0.717, 1.165) is 4.90 Å². The summed E-state index contributed by atoms with van der Waals surface area (Å²) < 4.78 is 27.8. The topological polar surface area (TPSA) is 92.3 Å². The third-order valence-corrected chi connectivity index (χ3v) is 6.44. The number of ketones is 1. The number of carbonyl (C=O) groups excluding carboxylic acids is 2. The number of rotatable bonds is 4. The van der Waals surface area contributed by atoms with E-state index in [1.807, 2.05) is 6.92 Å². The van der Waals surface area contributed by atoms with Gasteiger partial charge in [-0.1, -0.05) is 6.92 Å². The van der Waals surface area contributed by atoms with Gasteiger partial charge in [-0.3, -0.25) is 14.3 Å². The van der Waals surface area contributed by atoms with Gasteiger partial charge in [0, 0.05) is 27.8 Å². The van der Waals surface area contributed by atoms with Crippen LogP contribution in [0, 0.1) is 0 Å². The standard InChI is InChI=1S/C18H18N2O4S2/c1-11-9-18(22)19-16-10-15(7-8-17(16)25-11)26(23,24)20-14-5-3-13(4-6-14)12(2)21/h3-8,10-11,20H,9H2,1-2H3,(H,19,22). The SMILES string of the molecule is CC(=O)c1ccc(NS(=O)(=O)c2ccc3c(c2)NC(=O)CC(C)S3)cc1. The molecule has 1 unspecified atom stereocenters. The number of nitrogens with one attached hydrogen (secondary N) is 2. The lowest BCUT2D eigenvalue weighted by atomic mass is 10.1. The van der Waals surface area contributed by atoms with Crippen molar-refractivity contribution in [2.24, 2.45) is 0 Å². The summed E-state index contributed by atoms with van der Waals surface area (Å²) in [5.41, 5.74) is 1.36. The molecule has 136 valence electrons. The molecular weight excluding hydrogens is 372 g/mol. The summed E-state index contributed by atoms with van der Waals surface area (Å²) in [5, 5.41) is 2.88. The van der Waals surface area contributed by atoms with Crippen LogP contribution in [0.5, 0.6) is 0 Å². The summed E-state index contributed by atoms with van der Waals surface area (Å²) in [6, 6.07) is 10.9. The van der Waals surface area contributed by atoms with E-state index in [1.54, 1.807) is 18.2 Å². The lowest BCUT2D eigenvalue weighted by Gasteiger charge is -2.12. The molecule has 0 bridgehead atoms. The van der Waals surface area contributed by atoms with Crippen molar-refractivity contribution in [1.29, 1.82) is 0 Å². The van der Waals surface area contributed by atoms with Crippen LogP contribution >= 0.6 is 11.8 Å². The number of Topliss-reactive ketones (excluding diaryl/α,β-unsaturated/α-hetero) is 1. The molecule has 0 spiro atoms. The maximum atomic E-state index is 12.6. The van der Waals surface area contributed by atoms with E-state index in [2.05, 4.69) is 10.0 Å². The van der Waals surface area contributed by atoms with E-state index in [-0.39, 0.29) is 21.8 Å². The summed E-state index contributed by atoms with van der Waals surface area (Å²) in [7, 11) is -3.82. The molecule has 1 aliphatic heterocycles. The summed E-state index contributed by atoms with van der Waals surface area (Å²) in [6.45, 7) is 3.40. The van der Waals surface area contributed by atoms with Crippen LogP contribution in [0.1, 0.15) is 30.6 Å². The zero-order valence-electron chi connectivity index (χ0n) is 14.3. The minimum atomic E-state index is -3.82. The Morgan fingerprint density at radius 1 is 1.19 bits per heavy atom. The molecule has 2 N–H and O–H groups in total. The van der Waals surface area contributed by atoms with E-state index in [4.69, 9.17) is 0 Å². The van der Waals surface area contributed by atoms with Crippen LogP contribution in [0.2, 0.25) is 0 Å². The number of fused-ring (bicyclic) bond motifs is 1. The van der Waals surface area contributed by atoms with Crippen LogP contribution in [0.4, 0.5) is 11.4 Å². The number of amides is 1. The molecule has 0 saturated heterocycles. The molecule has 1 amide bonds. The van der Waals surface area contributed by atoms with Crippen molar-refractivity contribution in [3.8, 4) is 0 Å². The third kappa shape index (κ3) is 4.08. The van der Waals surface area contributed by atoms with Crippen LogP contribution in [0.25, 0.3) is 0 Å². The zero-order chi connectivity index (χ0) is 18.9. The van der Waals surface area contributed by atoms with E-state index >= 15 is 0 Å². The average Bonchev–Trinajstić information content (AvgIpc) is 2.70. The molecule has 26 heavy (non-hydrogen) atoms. The van der Waals surface area contributed by atoms with Crippen LogP contribution in [0.15, 0.2) is 52.3 Å². The Kier molecular flexibility index (Phi) is 5.06. The van der Waals surface area contributed by atoms with Gasteiger partial charge in [0.15, 0.2) is 5.78 Å². The minimum absolute atomic E-state index is 0.0577. The summed E-state index contributed by atoms with van der Waals surface area (Å²) in [6.07, 6.45) is 0.377. The molecular formula is C18H18N2O4S2. The Labute approximate surface area is 156 Å². The number of carbonyl (C=O) groups is 2. The smallest absolute Gasteiger partial charge is 0.261 e. The number of anilines is 2. The molecule has 1 atom stereocenters. The van der Waals surface area contributed by atoms with Crippen molar-refractivity contribution in [3.63, 3.8) is 0 Å². The average molecular weight is 390 g/mol. The number of sulfonamides is 1. The van der Waals surface area contributed by atoms with Gasteiger partial charge in [-0.25, -0.2) is 8.42 Å². The molecule has 0 aromatic heterocycles. The van der Waals surface area contributed by atoms with Gasteiger partial charge in [0.05, 0.1) is 10.6 Å². The van der Waals surface area contributed by atoms with Crippen molar-refractivity contribution < 1.29 is 18.0 Å². The van der Waals surface area contributed by atoms with E-state index in [1.165, 1.54) is 43.0 Å². The molecule has 0 saturated carbocycles. The second-order valence-electron chi connectivity index (χ2n) is 6.08. The number of benzene rings is 2. The van der Waals surface area contributed by atoms with E-state index in [9.17, 15) is 18.0 Å². The highest BCUT2D eigenvalue weighted by molar-refractivity contribution is 8.00. The fourth-order valence-corrected chi connectivity index (χ4v) is 4.72. The molecule has 8 heteroatoms. The molecule has 2 aromatic rings. The van der Waals surface area contributed by atoms with Crippen LogP contribution in [-0.4, -0.2) is 25.4 Å². The summed E-state index contributed by atoms with van der Waals surface area (Å²) in [5.74, 6) is -0.223. The van der Waals surface area contributed by atoms with Gasteiger partial charge in [0.2, 0.25) is 5.91 Å². The van der Waals surface area contributed by atoms with Crippen LogP contribution < -0.4 is 10.0 Å². The first-order valence-electron chi connectivity index (χ1n) is 7.99. The molecule has 0 aliphatic carbocycles. The van der Waals surface area contributed by atoms with Gasteiger partial charge in [0.1, 0.15) is 0 Å². The maximum absolute atomic E-state index is 12.6. The van der Waals surface area contributed by atoms with Crippen molar-refractivity contribution in [2.75, 3.05) is 10.0 Å². The monoisotopic (exact) mass is 390 g/mol. The molecule has 0 radical (unpaired) electrons. The van der Waals surface area contributed by atoms with Crippen LogP contribution in [0.3, 0.4) is 0 Å². The van der Waals surface area contributed by atoms with Gasteiger partial charge in [0.25, 0.3) is 10.0 Å². The molecule has 2 aromatic carbocycles. The lowest BCUT2D eigenvalue weighted by Crippen LogP contribution is -2.15. The zero-order valence-corrected chi connectivity index (χ0v) is 15.9. The number of thioether (sulfide) groups is 1. The van der Waals surface area contributed by atoms with Gasteiger partial charge in [-0.05, 0) is 49.4 Å². The van der Waals surface area contributed by atoms with E-state index in [0.29, 0.717) is 23.4 Å². The first kappa shape index (κ1) is 18.5. The minimum Gasteiger partial charge on any atom is -0.325 e. The molecule has 1 heterocycles. The second kappa shape index (κ2) is 7.13. The predicted octanol–water partition coefficient (Wildman–Crippen LogP) is 3.51. The van der Waals surface area contributed by atoms with Gasteiger partial charge in [-0.2, -0.15) is 0 Å². The molecule has 6 nitrogen and oxygen atoms in total. The molecule has 3 rings (SSSR count). The number of hydrogen-bond donors (Lipinski definition) is 2. The summed E-state index contributed by atoms with van der Waals surface area (Å²) >= 11 is 1.53. The van der Waals surface area contributed by atoms with Crippen molar-refractivity contribution in [2.45, 2.75) is 35.3 Å². The van der Waals surface area contributed by atoms with Crippen molar-refractivity contribution >= 4 is 44.9 Å². The number of hydrogen-bond acceptors (Lipinski definition) is 5. The highest BCUT2D eigenvalue weighted by atomic mass is 32.2. The van der Waals surface area contributed by atoms with Gasteiger partial charge in [-0.15, -0.1) is 11.8 Å². The highest BCUT2D eigenvalue weighted by Crippen LogP contribution is 2.36. The van der Waals surface area contributed by atoms with Crippen molar-refractivity contribution in [1.82, 2.24) is 0 Å². The Morgan fingerprint density at radius 3 is 2.54 bits per heavy atom. The Morgan fingerprint density at radius 2 is 1.88 bits per heavy atom. The Bertz CT molecular complexity index is 969. The largest absolute Gasteiger partial charge is 0.325 e. The Balaban J connectivity index is 1.88. The first-order valence-corrected chi connectivity index (χ1v) is 10.4. The quantitative estimate of drug-likeness (QED) is 0.780. The lowest BCUT2D eigenvalue weighted by molar-refractivity contribution is -0.116. The fourth-order valence-electron chi connectivity index (χ4n) is 2.58. The third-order valence-electron chi connectivity index (χ3n) is 3.88. The first-order chi connectivity index (χ1) is 12.2. The van der Waals surface area contributed by atoms with Crippen LogP contribution in [-0.2, 0) is 14.8 Å². The Hall–Kier alpha value is -2.32. The van der Waals surface area contributed by atoms with Crippen molar-refractivity contribution in [3.05, 3.63) is 48.0 Å². The second-order valence-corrected chi connectivity index (χ2v) is 9.24.